The molecule has 0 amide bonds. The second-order valence-corrected chi connectivity index (χ2v) is 7.67. The van der Waals surface area contributed by atoms with Crippen molar-refractivity contribution < 1.29 is 4.79 Å². The minimum absolute atomic E-state index is 0.165. The number of ketones is 1. The molecule has 32 heavy (non-hydrogen) atoms. The molecule has 0 saturated heterocycles. The van der Waals surface area contributed by atoms with Crippen LogP contribution in [0.3, 0.4) is 0 Å². The molecule has 3 heterocycles. The Balaban J connectivity index is 1.58. The van der Waals surface area contributed by atoms with Crippen molar-refractivity contribution in [2.75, 3.05) is 5.73 Å². The van der Waals surface area contributed by atoms with Gasteiger partial charge in [0, 0.05) is 17.7 Å². The third-order valence-corrected chi connectivity index (χ3v) is 5.08. The second kappa shape index (κ2) is 9.47. The summed E-state index contributed by atoms with van der Waals surface area (Å²) in [4.78, 5) is 24.7. The summed E-state index contributed by atoms with van der Waals surface area (Å²) in [6.07, 6.45) is 3.92. The minimum Gasteiger partial charge on any atom is -0.368 e. The molecule has 4 aromatic rings. The second-order valence-electron chi connectivity index (χ2n) is 7.67. The van der Waals surface area contributed by atoms with E-state index in [1.54, 1.807) is 11.6 Å². The number of hydrogen-bond donors (Lipinski definition) is 1. The first-order valence-electron chi connectivity index (χ1n) is 10.6. The van der Waals surface area contributed by atoms with Gasteiger partial charge in [-0.3, -0.25) is 4.98 Å². The van der Waals surface area contributed by atoms with E-state index in [-0.39, 0.29) is 11.7 Å². The molecule has 0 saturated carbocycles. The predicted octanol–water partition coefficient (Wildman–Crippen LogP) is 3.51. The Labute approximate surface area is 186 Å². The molecule has 0 aliphatic carbocycles. The zero-order valence-corrected chi connectivity index (χ0v) is 18.2. The van der Waals surface area contributed by atoms with Gasteiger partial charge in [0.1, 0.15) is 11.5 Å². The Kier molecular flexibility index (Phi) is 6.30. The molecule has 0 unspecified atom stereocenters. The number of carbonyl (C=O) groups is 1. The maximum atomic E-state index is 11.3. The van der Waals surface area contributed by atoms with E-state index in [1.807, 2.05) is 54.7 Å². The Hall–Kier alpha value is -3.94. The lowest BCUT2D eigenvalue weighted by atomic mass is 10.0. The number of hydrogen-bond acceptors (Lipinski definition) is 7. The lowest BCUT2D eigenvalue weighted by Crippen LogP contribution is -2.03. The van der Waals surface area contributed by atoms with Crippen molar-refractivity contribution >= 4 is 11.7 Å². The van der Waals surface area contributed by atoms with Gasteiger partial charge in [-0.15, -0.1) is 5.10 Å². The summed E-state index contributed by atoms with van der Waals surface area (Å²) in [5.74, 6) is 0.335. The highest BCUT2D eigenvalue weighted by Gasteiger charge is 2.12. The molecule has 0 bridgehead atoms. The first-order valence-corrected chi connectivity index (χ1v) is 10.6. The lowest BCUT2D eigenvalue weighted by molar-refractivity contribution is -0.116. The number of nitrogens with two attached hydrogens (primary N) is 1. The number of aryl methyl sites for hydroxylation is 2. The Bertz CT molecular complexity index is 1250. The molecular weight excluding hydrogens is 402 g/mol. The smallest absolute Gasteiger partial charge is 0.221 e. The standard InChI is InChI=1S/C24H25N7O/c1-3-19-8-5-9-20(26-19)14-31-15-23(29-30-31)22-13-21(27-24(25)28-22)18-7-4-6-17(12-18)11-10-16(2)32/h4-9,12-13,15H,3,10-11,14H2,1-2H3,(H2,25,27,28). The summed E-state index contributed by atoms with van der Waals surface area (Å²) in [6, 6.07) is 15.8. The van der Waals surface area contributed by atoms with Crippen molar-refractivity contribution in [3.63, 3.8) is 0 Å². The maximum absolute atomic E-state index is 11.3. The number of pyridine rings is 1. The number of benzene rings is 1. The molecule has 0 atom stereocenters. The maximum Gasteiger partial charge on any atom is 0.221 e. The van der Waals surface area contributed by atoms with Crippen LogP contribution >= 0.6 is 0 Å². The number of nitrogen functional groups attached to an aromatic ring is 1. The zero-order chi connectivity index (χ0) is 22.5. The Morgan fingerprint density at radius 2 is 1.75 bits per heavy atom. The molecule has 4 rings (SSSR count). The fraction of sp³-hybridized carbons (Fsp3) is 0.250. The van der Waals surface area contributed by atoms with Gasteiger partial charge in [0.2, 0.25) is 5.95 Å². The van der Waals surface area contributed by atoms with Crippen LogP contribution in [0, 0.1) is 0 Å². The number of Topliss-reactive ketones (excluding diaryl/α,β-unsaturated/α-hetero) is 1. The summed E-state index contributed by atoms with van der Waals surface area (Å²) in [7, 11) is 0. The van der Waals surface area contributed by atoms with Crippen molar-refractivity contribution in [1.82, 2.24) is 29.9 Å². The average molecular weight is 428 g/mol. The molecule has 3 aromatic heterocycles. The van der Waals surface area contributed by atoms with E-state index >= 15 is 0 Å². The number of nitrogens with zero attached hydrogens (tertiary/aromatic N) is 6. The zero-order valence-electron chi connectivity index (χ0n) is 18.2. The molecule has 0 fully saturated rings. The van der Waals surface area contributed by atoms with Gasteiger partial charge in [0.15, 0.2) is 0 Å². The molecule has 0 spiro atoms. The largest absolute Gasteiger partial charge is 0.368 e. The fourth-order valence-electron chi connectivity index (χ4n) is 3.42. The normalized spacial score (nSPS) is 10.9. The van der Waals surface area contributed by atoms with E-state index in [1.165, 1.54) is 0 Å². The van der Waals surface area contributed by atoms with Gasteiger partial charge in [0.25, 0.3) is 0 Å². The van der Waals surface area contributed by atoms with Crippen LogP contribution in [0.2, 0.25) is 0 Å². The lowest BCUT2D eigenvalue weighted by Gasteiger charge is -2.07. The highest BCUT2D eigenvalue weighted by Crippen LogP contribution is 2.24. The third kappa shape index (κ3) is 5.21. The first-order chi connectivity index (χ1) is 15.5. The van der Waals surface area contributed by atoms with Gasteiger partial charge in [-0.05, 0) is 49.6 Å². The van der Waals surface area contributed by atoms with Gasteiger partial charge in [-0.25, -0.2) is 14.6 Å². The SMILES string of the molecule is CCc1cccc(Cn2cc(-c3cc(-c4cccc(CCC(C)=O)c4)nc(N)n3)nn2)n1. The van der Waals surface area contributed by atoms with Crippen molar-refractivity contribution in [3.8, 4) is 22.6 Å². The van der Waals surface area contributed by atoms with Crippen LogP contribution in [0.1, 0.15) is 37.2 Å². The van der Waals surface area contributed by atoms with Gasteiger partial charge in [-0.1, -0.05) is 36.4 Å². The predicted molar refractivity (Wildman–Crippen MR) is 123 cm³/mol. The average Bonchev–Trinajstić information content (AvgIpc) is 3.26. The van der Waals surface area contributed by atoms with E-state index in [2.05, 4.69) is 32.2 Å². The summed E-state index contributed by atoms with van der Waals surface area (Å²) in [6.45, 7) is 4.20. The highest BCUT2D eigenvalue weighted by molar-refractivity contribution is 5.76. The minimum atomic E-state index is 0.165. The fourth-order valence-corrected chi connectivity index (χ4v) is 3.42. The molecule has 1 aromatic carbocycles. The van der Waals surface area contributed by atoms with Crippen LogP contribution in [0.15, 0.2) is 54.7 Å². The first kappa shape index (κ1) is 21.3. The molecule has 0 aliphatic rings. The number of aromatic nitrogens is 6. The molecule has 8 nitrogen and oxygen atoms in total. The van der Waals surface area contributed by atoms with Crippen LogP contribution in [-0.4, -0.2) is 35.7 Å². The van der Waals surface area contributed by atoms with E-state index in [0.717, 1.165) is 28.9 Å². The van der Waals surface area contributed by atoms with E-state index < -0.39 is 0 Å². The van der Waals surface area contributed by atoms with E-state index in [9.17, 15) is 4.79 Å². The molecule has 8 heteroatoms. The van der Waals surface area contributed by atoms with Crippen molar-refractivity contribution in [1.29, 1.82) is 0 Å². The third-order valence-electron chi connectivity index (χ3n) is 5.08. The number of rotatable bonds is 8. The van der Waals surface area contributed by atoms with E-state index in [4.69, 9.17) is 5.73 Å². The monoisotopic (exact) mass is 427 g/mol. The number of anilines is 1. The summed E-state index contributed by atoms with van der Waals surface area (Å²) in [5.41, 5.74) is 11.9. The van der Waals surface area contributed by atoms with E-state index in [0.29, 0.717) is 36.5 Å². The summed E-state index contributed by atoms with van der Waals surface area (Å²) >= 11 is 0. The van der Waals surface area contributed by atoms with Gasteiger partial charge in [0.05, 0.1) is 29.8 Å². The highest BCUT2D eigenvalue weighted by atomic mass is 16.1. The molecule has 0 aliphatic heterocycles. The van der Waals surface area contributed by atoms with Crippen LogP contribution < -0.4 is 5.73 Å². The van der Waals surface area contributed by atoms with Gasteiger partial charge in [-0.2, -0.15) is 0 Å². The summed E-state index contributed by atoms with van der Waals surface area (Å²) in [5, 5.41) is 8.49. The molecule has 0 radical (unpaired) electrons. The number of carbonyl (C=O) groups excluding carboxylic acids is 1. The van der Waals surface area contributed by atoms with Crippen molar-refractivity contribution in [3.05, 3.63) is 71.7 Å². The van der Waals surface area contributed by atoms with Crippen LogP contribution in [-0.2, 0) is 24.2 Å². The van der Waals surface area contributed by atoms with Gasteiger partial charge < -0.3 is 10.5 Å². The van der Waals surface area contributed by atoms with Crippen molar-refractivity contribution in [2.45, 2.75) is 39.7 Å². The Morgan fingerprint density at radius 1 is 0.969 bits per heavy atom. The topological polar surface area (TPSA) is 112 Å². The van der Waals surface area contributed by atoms with Gasteiger partial charge >= 0.3 is 0 Å². The van der Waals surface area contributed by atoms with Crippen LogP contribution in [0.5, 0.6) is 0 Å². The molecular formula is C24H25N7O. The quantitative estimate of drug-likeness (QED) is 0.458. The van der Waals surface area contributed by atoms with Crippen molar-refractivity contribution in [2.24, 2.45) is 0 Å². The molecule has 2 N–H and O–H groups in total. The summed E-state index contributed by atoms with van der Waals surface area (Å²) < 4.78 is 1.73. The van der Waals surface area contributed by atoms with Crippen LogP contribution in [0.25, 0.3) is 22.6 Å². The Morgan fingerprint density at radius 3 is 2.56 bits per heavy atom. The van der Waals surface area contributed by atoms with Crippen LogP contribution in [0.4, 0.5) is 5.95 Å². The molecule has 162 valence electrons.